The summed E-state index contributed by atoms with van der Waals surface area (Å²) in [4.78, 5) is 0. The van der Waals surface area contributed by atoms with Crippen molar-refractivity contribution in [3.63, 3.8) is 0 Å². The van der Waals surface area contributed by atoms with Crippen molar-refractivity contribution < 1.29 is 14.2 Å². The van der Waals surface area contributed by atoms with Crippen LogP contribution in [0.4, 0.5) is 0 Å². The highest BCUT2D eigenvalue weighted by Crippen LogP contribution is 2.25. The second kappa shape index (κ2) is 7.20. The average molecular weight is 216 g/mol. The van der Waals surface area contributed by atoms with Crippen LogP contribution in [0.3, 0.4) is 0 Å². The van der Waals surface area contributed by atoms with Gasteiger partial charge in [-0.15, -0.1) is 0 Å². The van der Waals surface area contributed by atoms with Gasteiger partial charge in [0.05, 0.1) is 19.3 Å². The van der Waals surface area contributed by atoms with Crippen LogP contribution in [0.25, 0.3) is 0 Å². The second-order valence-corrected chi connectivity index (χ2v) is 4.18. The molecule has 0 spiro atoms. The summed E-state index contributed by atoms with van der Waals surface area (Å²) >= 11 is 0. The Balaban J connectivity index is 2.35. The number of hydrogen-bond donors (Lipinski definition) is 0. The van der Waals surface area contributed by atoms with Gasteiger partial charge in [0.25, 0.3) is 0 Å². The lowest BCUT2D eigenvalue weighted by atomic mass is 9.96. The van der Waals surface area contributed by atoms with Crippen molar-refractivity contribution >= 4 is 0 Å². The van der Waals surface area contributed by atoms with E-state index in [0.29, 0.717) is 18.6 Å². The standard InChI is InChI=1S/C12H24O3/c1-4-6-11-10(5-2)9-14-12(15-11)7-8-13-3/h10-12H,4-9H2,1-3H3. The van der Waals surface area contributed by atoms with E-state index in [2.05, 4.69) is 13.8 Å². The van der Waals surface area contributed by atoms with Crippen LogP contribution in [0.5, 0.6) is 0 Å². The summed E-state index contributed by atoms with van der Waals surface area (Å²) in [6.07, 6.45) is 4.64. The summed E-state index contributed by atoms with van der Waals surface area (Å²) in [5, 5.41) is 0. The minimum atomic E-state index is -0.0516. The van der Waals surface area contributed by atoms with Gasteiger partial charge in [-0.2, -0.15) is 0 Å². The zero-order valence-electron chi connectivity index (χ0n) is 10.2. The third kappa shape index (κ3) is 4.09. The summed E-state index contributed by atoms with van der Waals surface area (Å²) in [7, 11) is 1.71. The highest BCUT2D eigenvalue weighted by atomic mass is 16.7. The first-order valence-electron chi connectivity index (χ1n) is 6.07. The fraction of sp³-hybridized carbons (Fsp3) is 1.00. The fourth-order valence-electron chi connectivity index (χ4n) is 2.02. The molecule has 3 heteroatoms. The van der Waals surface area contributed by atoms with Crippen LogP contribution in [0.1, 0.15) is 39.5 Å². The van der Waals surface area contributed by atoms with Crippen molar-refractivity contribution in [2.75, 3.05) is 20.3 Å². The topological polar surface area (TPSA) is 27.7 Å². The molecule has 0 aromatic rings. The summed E-state index contributed by atoms with van der Waals surface area (Å²) < 4.78 is 16.6. The van der Waals surface area contributed by atoms with Gasteiger partial charge >= 0.3 is 0 Å². The van der Waals surface area contributed by atoms with Crippen LogP contribution in [0.2, 0.25) is 0 Å². The van der Waals surface area contributed by atoms with Gasteiger partial charge in [-0.3, -0.25) is 0 Å². The Morgan fingerprint density at radius 2 is 2.07 bits per heavy atom. The van der Waals surface area contributed by atoms with Crippen molar-refractivity contribution in [1.29, 1.82) is 0 Å². The molecule has 0 saturated carbocycles. The van der Waals surface area contributed by atoms with E-state index in [4.69, 9.17) is 14.2 Å². The van der Waals surface area contributed by atoms with Gasteiger partial charge in [0.1, 0.15) is 0 Å². The van der Waals surface area contributed by atoms with Crippen LogP contribution < -0.4 is 0 Å². The number of hydrogen-bond acceptors (Lipinski definition) is 3. The first kappa shape index (κ1) is 12.9. The van der Waals surface area contributed by atoms with Crippen molar-refractivity contribution in [1.82, 2.24) is 0 Å². The van der Waals surface area contributed by atoms with Gasteiger partial charge in [0.2, 0.25) is 0 Å². The number of rotatable bonds is 6. The Morgan fingerprint density at radius 3 is 2.67 bits per heavy atom. The zero-order chi connectivity index (χ0) is 11.1. The molecule has 0 bridgehead atoms. The Bertz CT molecular complexity index is 161. The SMILES string of the molecule is CCCC1OC(CCOC)OCC1CC. The van der Waals surface area contributed by atoms with Crippen molar-refractivity contribution in [3.05, 3.63) is 0 Å². The van der Waals surface area contributed by atoms with Crippen molar-refractivity contribution in [2.24, 2.45) is 5.92 Å². The van der Waals surface area contributed by atoms with Gasteiger partial charge in [0, 0.05) is 19.4 Å². The number of methoxy groups -OCH3 is 1. The molecule has 3 atom stereocenters. The van der Waals surface area contributed by atoms with Crippen LogP contribution in [-0.4, -0.2) is 32.7 Å². The molecule has 3 nitrogen and oxygen atoms in total. The molecule has 0 radical (unpaired) electrons. The van der Waals surface area contributed by atoms with Crippen molar-refractivity contribution in [2.45, 2.75) is 51.9 Å². The molecule has 1 fully saturated rings. The molecule has 1 heterocycles. The first-order chi connectivity index (χ1) is 7.31. The molecule has 0 amide bonds. The van der Waals surface area contributed by atoms with Crippen LogP contribution in [0, 0.1) is 5.92 Å². The van der Waals surface area contributed by atoms with Gasteiger partial charge in [-0.1, -0.05) is 20.3 Å². The lowest BCUT2D eigenvalue weighted by molar-refractivity contribution is -0.242. The summed E-state index contributed by atoms with van der Waals surface area (Å²) in [6, 6.07) is 0. The predicted octanol–water partition coefficient (Wildman–Crippen LogP) is 2.59. The molecular weight excluding hydrogens is 192 g/mol. The Labute approximate surface area is 93.1 Å². The maximum absolute atomic E-state index is 5.93. The highest BCUT2D eigenvalue weighted by molar-refractivity contribution is 4.73. The lowest BCUT2D eigenvalue weighted by Gasteiger charge is -2.36. The number of ether oxygens (including phenoxy) is 3. The lowest BCUT2D eigenvalue weighted by Crippen LogP contribution is -2.40. The van der Waals surface area contributed by atoms with E-state index >= 15 is 0 Å². The smallest absolute Gasteiger partial charge is 0.160 e. The molecule has 1 aliphatic rings. The minimum absolute atomic E-state index is 0.0516. The molecule has 1 rings (SSSR count). The third-order valence-corrected chi connectivity index (χ3v) is 3.00. The van der Waals surface area contributed by atoms with E-state index in [1.807, 2.05) is 0 Å². The molecule has 1 aliphatic heterocycles. The molecule has 0 aromatic heterocycles. The van der Waals surface area contributed by atoms with E-state index in [1.165, 1.54) is 6.42 Å². The van der Waals surface area contributed by atoms with E-state index in [1.54, 1.807) is 7.11 Å². The van der Waals surface area contributed by atoms with Crippen molar-refractivity contribution in [3.8, 4) is 0 Å². The van der Waals surface area contributed by atoms with E-state index in [9.17, 15) is 0 Å². The quantitative estimate of drug-likeness (QED) is 0.683. The Kier molecular flexibility index (Phi) is 6.22. The normalized spacial score (nSPS) is 31.8. The van der Waals surface area contributed by atoms with E-state index in [0.717, 1.165) is 25.9 Å². The maximum Gasteiger partial charge on any atom is 0.160 e. The Hall–Kier alpha value is -0.120. The van der Waals surface area contributed by atoms with Crippen LogP contribution in [0.15, 0.2) is 0 Å². The predicted molar refractivity (Wildman–Crippen MR) is 59.8 cm³/mol. The Morgan fingerprint density at radius 1 is 1.27 bits per heavy atom. The van der Waals surface area contributed by atoms with Crippen LogP contribution in [-0.2, 0) is 14.2 Å². The molecule has 90 valence electrons. The highest BCUT2D eigenvalue weighted by Gasteiger charge is 2.29. The molecule has 0 aliphatic carbocycles. The largest absolute Gasteiger partial charge is 0.384 e. The summed E-state index contributed by atoms with van der Waals surface area (Å²) in [6.45, 7) is 5.96. The zero-order valence-corrected chi connectivity index (χ0v) is 10.2. The first-order valence-corrected chi connectivity index (χ1v) is 6.07. The van der Waals surface area contributed by atoms with Gasteiger partial charge in [-0.25, -0.2) is 0 Å². The van der Waals surface area contributed by atoms with E-state index in [-0.39, 0.29) is 6.29 Å². The second-order valence-electron chi connectivity index (χ2n) is 4.18. The monoisotopic (exact) mass is 216 g/mol. The van der Waals surface area contributed by atoms with Gasteiger partial charge in [0.15, 0.2) is 6.29 Å². The summed E-state index contributed by atoms with van der Waals surface area (Å²) in [5.41, 5.74) is 0. The van der Waals surface area contributed by atoms with E-state index < -0.39 is 0 Å². The molecule has 0 N–H and O–H groups in total. The van der Waals surface area contributed by atoms with Crippen LogP contribution >= 0.6 is 0 Å². The molecule has 0 aromatic carbocycles. The minimum Gasteiger partial charge on any atom is -0.384 e. The summed E-state index contributed by atoms with van der Waals surface area (Å²) in [5.74, 6) is 0.573. The van der Waals surface area contributed by atoms with Gasteiger partial charge in [-0.05, 0) is 12.8 Å². The maximum atomic E-state index is 5.93. The van der Waals surface area contributed by atoms with Gasteiger partial charge < -0.3 is 14.2 Å². The molecule has 15 heavy (non-hydrogen) atoms. The fourth-order valence-corrected chi connectivity index (χ4v) is 2.02. The molecule has 3 unspecified atom stereocenters. The average Bonchev–Trinajstić information content (AvgIpc) is 2.27. The third-order valence-electron chi connectivity index (χ3n) is 3.00. The molecule has 1 saturated heterocycles. The molecular formula is C12H24O3.